The zero-order chi connectivity index (χ0) is 18.8. The predicted octanol–water partition coefficient (Wildman–Crippen LogP) is 4.62. The largest absolute Gasteiger partial charge is 0.360 e. The average Bonchev–Trinajstić information content (AvgIpc) is 3.09. The van der Waals surface area contributed by atoms with Gasteiger partial charge in [0, 0.05) is 11.3 Å². The Kier molecular flexibility index (Phi) is 4.26. The molecule has 0 aliphatic heterocycles. The zero-order valence-corrected chi connectivity index (χ0v) is 14.6. The molecule has 1 amide bonds. The van der Waals surface area contributed by atoms with Gasteiger partial charge in [-0.2, -0.15) is 0 Å². The molecule has 0 aliphatic carbocycles. The van der Waals surface area contributed by atoms with Gasteiger partial charge in [-0.05, 0) is 35.9 Å². The zero-order valence-electron chi connectivity index (χ0n) is 14.6. The lowest BCUT2D eigenvalue weighted by Gasteiger charge is -2.06. The number of amides is 1. The van der Waals surface area contributed by atoms with Gasteiger partial charge in [-0.25, -0.2) is 0 Å². The topological polar surface area (TPSA) is 72.2 Å². The molecule has 4 aromatic rings. The smallest absolute Gasteiger partial charge is 0.261 e. The SMILES string of the molecule is Cc1onc(C(=O)c2ccc3ccccc3c2)c1C(=O)Nc1ccccc1. The van der Waals surface area contributed by atoms with Crippen molar-refractivity contribution >= 4 is 28.2 Å². The highest BCUT2D eigenvalue weighted by atomic mass is 16.5. The number of aryl methyl sites for hydroxylation is 1. The molecule has 5 nitrogen and oxygen atoms in total. The van der Waals surface area contributed by atoms with E-state index in [4.69, 9.17) is 4.52 Å². The summed E-state index contributed by atoms with van der Waals surface area (Å²) in [6.07, 6.45) is 0. The monoisotopic (exact) mass is 356 g/mol. The molecule has 27 heavy (non-hydrogen) atoms. The highest BCUT2D eigenvalue weighted by Crippen LogP contribution is 2.22. The van der Waals surface area contributed by atoms with Crippen molar-refractivity contribution in [1.82, 2.24) is 5.16 Å². The van der Waals surface area contributed by atoms with Gasteiger partial charge in [-0.15, -0.1) is 0 Å². The Labute approximate surface area is 155 Å². The summed E-state index contributed by atoms with van der Waals surface area (Å²) < 4.78 is 5.15. The maximum absolute atomic E-state index is 13.0. The number of rotatable bonds is 4. The second-order valence-corrected chi connectivity index (χ2v) is 6.17. The number of nitrogens with one attached hydrogen (secondary N) is 1. The van der Waals surface area contributed by atoms with Crippen molar-refractivity contribution in [1.29, 1.82) is 0 Å². The van der Waals surface area contributed by atoms with Crippen LogP contribution in [-0.4, -0.2) is 16.8 Å². The van der Waals surface area contributed by atoms with Gasteiger partial charge in [-0.3, -0.25) is 9.59 Å². The molecular formula is C22H16N2O3. The normalized spacial score (nSPS) is 10.7. The van der Waals surface area contributed by atoms with Crippen molar-refractivity contribution in [2.24, 2.45) is 0 Å². The van der Waals surface area contributed by atoms with Crippen LogP contribution in [-0.2, 0) is 0 Å². The Bertz CT molecular complexity index is 1150. The van der Waals surface area contributed by atoms with Crippen molar-refractivity contribution in [2.45, 2.75) is 6.92 Å². The van der Waals surface area contributed by atoms with Gasteiger partial charge < -0.3 is 9.84 Å². The van der Waals surface area contributed by atoms with Crippen LogP contribution < -0.4 is 5.32 Å². The standard InChI is InChI=1S/C22H16N2O3/c1-14-19(22(26)23-18-9-3-2-4-10-18)20(24-27-14)21(25)17-12-11-15-7-5-6-8-16(15)13-17/h2-13H,1H3,(H,23,26). The molecular weight excluding hydrogens is 340 g/mol. The van der Waals surface area contributed by atoms with Crippen molar-refractivity contribution in [3.05, 3.63) is 95.4 Å². The van der Waals surface area contributed by atoms with Gasteiger partial charge in [0.25, 0.3) is 5.91 Å². The van der Waals surface area contributed by atoms with Crippen molar-refractivity contribution in [3.63, 3.8) is 0 Å². The number of aromatic nitrogens is 1. The molecule has 0 bridgehead atoms. The summed E-state index contributed by atoms with van der Waals surface area (Å²) in [5, 5.41) is 8.60. The molecule has 0 unspecified atom stereocenters. The summed E-state index contributed by atoms with van der Waals surface area (Å²) in [5.41, 5.74) is 1.25. The summed E-state index contributed by atoms with van der Waals surface area (Å²) in [4.78, 5) is 25.7. The third-order valence-electron chi connectivity index (χ3n) is 4.35. The summed E-state index contributed by atoms with van der Waals surface area (Å²) in [6.45, 7) is 1.62. The van der Waals surface area contributed by atoms with Crippen LogP contribution in [0.25, 0.3) is 10.8 Å². The molecule has 1 heterocycles. The van der Waals surface area contributed by atoms with Crippen LogP contribution in [0.3, 0.4) is 0 Å². The third kappa shape index (κ3) is 3.22. The van der Waals surface area contributed by atoms with Crippen LogP contribution in [0.2, 0.25) is 0 Å². The highest BCUT2D eigenvalue weighted by molar-refractivity contribution is 6.17. The van der Waals surface area contributed by atoms with Crippen LogP contribution in [0.5, 0.6) is 0 Å². The van der Waals surface area contributed by atoms with Gasteiger partial charge in [0.2, 0.25) is 5.78 Å². The first-order valence-corrected chi connectivity index (χ1v) is 8.49. The van der Waals surface area contributed by atoms with Gasteiger partial charge in [0.15, 0.2) is 5.69 Å². The number of hydrogen-bond acceptors (Lipinski definition) is 4. The maximum atomic E-state index is 13.0. The number of fused-ring (bicyclic) bond motifs is 1. The molecule has 0 atom stereocenters. The fourth-order valence-electron chi connectivity index (χ4n) is 2.98. The van der Waals surface area contributed by atoms with E-state index in [2.05, 4.69) is 10.5 Å². The number of ketones is 1. The van der Waals surface area contributed by atoms with Crippen molar-refractivity contribution in [3.8, 4) is 0 Å². The summed E-state index contributed by atoms with van der Waals surface area (Å²) >= 11 is 0. The Morgan fingerprint density at radius 2 is 1.59 bits per heavy atom. The van der Waals surface area contributed by atoms with Crippen LogP contribution in [0.4, 0.5) is 5.69 Å². The maximum Gasteiger partial charge on any atom is 0.261 e. The molecule has 4 rings (SSSR count). The third-order valence-corrected chi connectivity index (χ3v) is 4.35. The molecule has 5 heteroatoms. The first-order chi connectivity index (χ1) is 13.1. The lowest BCUT2D eigenvalue weighted by atomic mass is 10.0. The highest BCUT2D eigenvalue weighted by Gasteiger charge is 2.26. The fraction of sp³-hybridized carbons (Fsp3) is 0.0455. The van der Waals surface area contributed by atoms with E-state index in [-0.39, 0.29) is 17.0 Å². The Morgan fingerprint density at radius 3 is 2.37 bits per heavy atom. The van der Waals surface area contributed by atoms with Gasteiger partial charge in [-0.1, -0.05) is 59.8 Å². The van der Waals surface area contributed by atoms with E-state index in [9.17, 15) is 9.59 Å². The van der Waals surface area contributed by atoms with E-state index in [1.165, 1.54) is 0 Å². The van der Waals surface area contributed by atoms with Gasteiger partial charge in [0.1, 0.15) is 11.3 Å². The second-order valence-electron chi connectivity index (χ2n) is 6.17. The van der Waals surface area contributed by atoms with Gasteiger partial charge >= 0.3 is 0 Å². The summed E-state index contributed by atoms with van der Waals surface area (Å²) in [6, 6.07) is 22.2. The number of nitrogens with zero attached hydrogens (tertiary/aromatic N) is 1. The van der Waals surface area contributed by atoms with E-state index in [1.807, 2.05) is 48.5 Å². The van der Waals surface area contributed by atoms with E-state index in [1.54, 1.807) is 31.2 Å². The number of anilines is 1. The molecule has 0 radical (unpaired) electrons. The number of para-hydroxylation sites is 1. The molecule has 0 fully saturated rings. The lowest BCUT2D eigenvalue weighted by Crippen LogP contribution is -2.17. The quantitative estimate of drug-likeness (QED) is 0.542. The van der Waals surface area contributed by atoms with Crippen LogP contribution in [0, 0.1) is 6.92 Å². The molecule has 1 aromatic heterocycles. The van der Waals surface area contributed by atoms with E-state index in [0.29, 0.717) is 17.0 Å². The van der Waals surface area contributed by atoms with Crippen molar-refractivity contribution < 1.29 is 14.1 Å². The molecule has 132 valence electrons. The van der Waals surface area contributed by atoms with E-state index >= 15 is 0 Å². The summed E-state index contributed by atoms with van der Waals surface area (Å²) in [7, 11) is 0. The first-order valence-electron chi connectivity index (χ1n) is 8.49. The predicted molar refractivity (Wildman–Crippen MR) is 103 cm³/mol. The molecule has 0 saturated carbocycles. The minimum atomic E-state index is -0.427. The molecule has 1 N–H and O–H groups in total. The lowest BCUT2D eigenvalue weighted by molar-refractivity contribution is 0.0994. The van der Waals surface area contributed by atoms with Crippen LogP contribution in [0.15, 0.2) is 77.3 Å². The molecule has 0 spiro atoms. The van der Waals surface area contributed by atoms with Crippen LogP contribution in [0.1, 0.15) is 32.2 Å². The minimum Gasteiger partial charge on any atom is -0.360 e. The molecule has 0 aliphatic rings. The molecule has 0 saturated heterocycles. The Morgan fingerprint density at radius 1 is 0.889 bits per heavy atom. The minimum absolute atomic E-state index is 0.0104. The average molecular weight is 356 g/mol. The Balaban J connectivity index is 1.69. The fourth-order valence-corrected chi connectivity index (χ4v) is 2.98. The number of benzene rings is 3. The van der Waals surface area contributed by atoms with Crippen LogP contribution >= 0.6 is 0 Å². The second kappa shape index (κ2) is 6.88. The number of carbonyl (C=O) groups excluding carboxylic acids is 2. The van der Waals surface area contributed by atoms with E-state index in [0.717, 1.165) is 10.8 Å². The van der Waals surface area contributed by atoms with Crippen molar-refractivity contribution in [2.75, 3.05) is 5.32 Å². The first kappa shape index (κ1) is 16.7. The summed E-state index contributed by atoms with van der Waals surface area (Å²) in [5.74, 6) is -0.479. The van der Waals surface area contributed by atoms with E-state index < -0.39 is 5.91 Å². The number of hydrogen-bond donors (Lipinski definition) is 1. The number of carbonyl (C=O) groups is 2. The Hall–Kier alpha value is -3.73. The van der Waals surface area contributed by atoms with Gasteiger partial charge in [0.05, 0.1) is 0 Å². The molecule has 3 aromatic carbocycles.